The van der Waals surface area contributed by atoms with Crippen LogP contribution in [0.15, 0.2) is 0 Å². The quantitative estimate of drug-likeness (QED) is 0.750. The van der Waals surface area contributed by atoms with E-state index in [-0.39, 0.29) is 0 Å². The molecule has 3 heteroatoms. The SMILES string of the molecule is C1CCC[N]CC1.CC(CO)C12CCC[N+]1CC2. The van der Waals surface area contributed by atoms with E-state index >= 15 is 0 Å². The summed E-state index contributed by atoms with van der Waals surface area (Å²) >= 11 is 0. The fraction of sp³-hybridized carbons (Fsp3) is 1.00. The molecule has 0 aliphatic carbocycles. The lowest BCUT2D eigenvalue weighted by atomic mass is 9.75. The van der Waals surface area contributed by atoms with Crippen molar-refractivity contribution in [3.05, 3.63) is 0 Å². The third-order valence-corrected chi connectivity index (χ3v) is 5.06. The Morgan fingerprint density at radius 3 is 2.28 bits per heavy atom. The van der Waals surface area contributed by atoms with Crippen molar-refractivity contribution < 1.29 is 5.11 Å². The van der Waals surface area contributed by atoms with Crippen molar-refractivity contribution in [1.29, 1.82) is 0 Å². The number of rotatable bonds is 2. The molecule has 3 rings (SSSR count). The van der Waals surface area contributed by atoms with Crippen LogP contribution in [0, 0.1) is 5.92 Å². The number of hydrogen-bond acceptors (Lipinski definition) is 2. The van der Waals surface area contributed by atoms with Gasteiger partial charge >= 0.3 is 0 Å². The Hall–Kier alpha value is -0.120. The molecule has 3 nitrogen and oxygen atoms in total. The lowest BCUT2D eigenvalue weighted by Gasteiger charge is -2.41. The van der Waals surface area contributed by atoms with Crippen LogP contribution in [-0.2, 0) is 0 Å². The van der Waals surface area contributed by atoms with Crippen LogP contribution in [0.5, 0.6) is 0 Å². The van der Waals surface area contributed by atoms with Gasteiger partial charge in [0.25, 0.3) is 0 Å². The summed E-state index contributed by atoms with van der Waals surface area (Å²) in [6, 6.07) is 0. The van der Waals surface area contributed by atoms with Crippen LogP contribution in [0.2, 0.25) is 0 Å². The highest BCUT2D eigenvalue weighted by Crippen LogP contribution is 2.43. The molecule has 2 radical (unpaired) electrons. The highest BCUT2D eigenvalue weighted by molar-refractivity contribution is 5.10. The minimum Gasteiger partial charge on any atom is -0.396 e. The molecule has 2 atom stereocenters. The van der Waals surface area contributed by atoms with Crippen molar-refractivity contribution in [2.75, 3.05) is 32.8 Å². The van der Waals surface area contributed by atoms with Gasteiger partial charge in [-0.05, 0) is 12.8 Å². The molecule has 0 amide bonds. The Kier molecular flexibility index (Phi) is 5.46. The molecule has 3 heterocycles. The van der Waals surface area contributed by atoms with Crippen LogP contribution < -0.4 is 10.2 Å². The van der Waals surface area contributed by atoms with Crippen LogP contribution in [-0.4, -0.2) is 43.4 Å². The van der Waals surface area contributed by atoms with Gasteiger partial charge in [0.2, 0.25) is 0 Å². The first-order chi connectivity index (χ1) is 8.79. The summed E-state index contributed by atoms with van der Waals surface area (Å²) in [5.74, 6) is 0.485. The van der Waals surface area contributed by atoms with Gasteiger partial charge in [-0.25, -0.2) is 5.32 Å². The fourth-order valence-electron chi connectivity index (χ4n) is 3.64. The fourth-order valence-corrected chi connectivity index (χ4v) is 3.64. The first-order valence-electron chi connectivity index (χ1n) is 7.79. The molecule has 0 saturated carbocycles. The highest BCUT2D eigenvalue weighted by Gasteiger charge is 2.60. The Labute approximate surface area is 112 Å². The van der Waals surface area contributed by atoms with Crippen LogP contribution in [0.25, 0.3) is 0 Å². The zero-order valence-corrected chi connectivity index (χ0v) is 11.9. The van der Waals surface area contributed by atoms with Gasteiger partial charge in [-0.3, -0.25) is 0 Å². The molecular formula is C15H29N2O+. The van der Waals surface area contributed by atoms with Crippen molar-refractivity contribution in [3.63, 3.8) is 0 Å². The summed E-state index contributed by atoms with van der Waals surface area (Å²) in [5.41, 5.74) is 0.425. The molecule has 2 unspecified atom stereocenters. The monoisotopic (exact) mass is 253 g/mol. The van der Waals surface area contributed by atoms with Gasteiger partial charge in [0.1, 0.15) is 13.1 Å². The number of hydrogen-bond donors (Lipinski definition) is 1. The van der Waals surface area contributed by atoms with Crippen molar-refractivity contribution >= 4 is 0 Å². The van der Waals surface area contributed by atoms with Crippen molar-refractivity contribution in [2.45, 2.75) is 57.4 Å². The lowest BCUT2D eigenvalue weighted by molar-refractivity contribution is 0.0318. The molecule has 1 N–H and O–H groups in total. The van der Waals surface area contributed by atoms with E-state index in [1.165, 1.54) is 58.0 Å². The van der Waals surface area contributed by atoms with E-state index in [1.807, 2.05) is 0 Å². The zero-order valence-electron chi connectivity index (χ0n) is 11.9. The summed E-state index contributed by atoms with van der Waals surface area (Å²) in [7, 11) is 0. The Balaban J connectivity index is 0.000000149. The first-order valence-corrected chi connectivity index (χ1v) is 7.79. The van der Waals surface area contributed by atoms with E-state index in [2.05, 4.69) is 17.1 Å². The Morgan fingerprint density at radius 2 is 1.78 bits per heavy atom. The summed E-state index contributed by atoms with van der Waals surface area (Å²) in [6.45, 7) is 7.32. The van der Waals surface area contributed by atoms with Crippen LogP contribution in [0.3, 0.4) is 0 Å². The minimum absolute atomic E-state index is 0.358. The minimum atomic E-state index is 0.358. The summed E-state index contributed by atoms with van der Waals surface area (Å²) < 4.78 is 0. The molecule has 0 aromatic carbocycles. The third-order valence-electron chi connectivity index (χ3n) is 5.06. The van der Waals surface area contributed by atoms with Gasteiger partial charge in [-0.2, -0.15) is 4.90 Å². The molecule has 18 heavy (non-hydrogen) atoms. The van der Waals surface area contributed by atoms with E-state index in [0.29, 0.717) is 18.1 Å². The largest absolute Gasteiger partial charge is 0.396 e. The van der Waals surface area contributed by atoms with Crippen LogP contribution in [0.4, 0.5) is 0 Å². The number of nitrogens with zero attached hydrogens (tertiary/aromatic N) is 2. The van der Waals surface area contributed by atoms with Gasteiger partial charge in [-0.15, -0.1) is 0 Å². The third kappa shape index (κ3) is 3.06. The maximum atomic E-state index is 9.09. The Morgan fingerprint density at radius 1 is 1.06 bits per heavy atom. The van der Waals surface area contributed by atoms with E-state index in [1.54, 1.807) is 0 Å². The van der Waals surface area contributed by atoms with Gasteiger partial charge < -0.3 is 5.11 Å². The standard InChI is InChI=1S/C9H17NO.C6H12N/c1-8(7-11)9-3-2-5-10(9)6-4-9;1-2-4-6-7-5-3-1/h8,11H,2-7H2,1H3;1-6H2/q+1;. The number of fused-ring (bicyclic) bond motifs is 1. The van der Waals surface area contributed by atoms with Gasteiger partial charge in [0, 0.05) is 31.8 Å². The molecule has 3 fully saturated rings. The maximum absolute atomic E-state index is 9.09. The lowest BCUT2D eigenvalue weighted by Crippen LogP contribution is -2.64. The average molecular weight is 253 g/mol. The summed E-state index contributed by atoms with van der Waals surface area (Å²) in [5, 5.41) is 13.4. The second-order valence-electron chi connectivity index (χ2n) is 6.11. The van der Waals surface area contributed by atoms with Crippen molar-refractivity contribution in [1.82, 2.24) is 10.2 Å². The van der Waals surface area contributed by atoms with Gasteiger partial charge in [0.05, 0.1) is 13.0 Å². The van der Waals surface area contributed by atoms with Crippen LogP contribution in [0.1, 0.15) is 51.9 Å². The van der Waals surface area contributed by atoms with Gasteiger partial charge in [0.15, 0.2) is 5.54 Å². The van der Waals surface area contributed by atoms with E-state index < -0.39 is 0 Å². The Bertz CT molecular complexity index is 227. The smallest absolute Gasteiger partial charge is 0.153 e. The highest BCUT2D eigenvalue weighted by atomic mass is 16.3. The second-order valence-corrected chi connectivity index (χ2v) is 6.11. The van der Waals surface area contributed by atoms with Crippen molar-refractivity contribution in [2.24, 2.45) is 5.92 Å². The molecule has 3 aliphatic heterocycles. The summed E-state index contributed by atoms with van der Waals surface area (Å²) in [4.78, 5) is 2.55. The molecule has 0 spiro atoms. The molecule has 0 aromatic heterocycles. The van der Waals surface area contributed by atoms with E-state index in [4.69, 9.17) is 5.11 Å². The zero-order chi connectivity index (χ0) is 12.8. The molecular weight excluding hydrogens is 224 g/mol. The molecule has 3 saturated heterocycles. The van der Waals surface area contributed by atoms with E-state index in [0.717, 1.165) is 13.1 Å². The maximum Gasteiger partial charge on any atom is 0.153 e. The van der Waals surface area contributed by atoms with Crippen LogP contribution >= 0.6 is 0 Å². The summed E-state index contributed by atoms with van der Waals surface area (Å²) in [6.07, 6.45) is 9.45. The molecule has 3 aliphatic rings. The molecule has 0 bridgehead atoms. The normalized spacial score (nSPS) is 33.7. The number of aliphatic hydroxyl groups is 1. The topological polar surface area (TPSA) is 40.2 Å². The average Bonchev–Trinajstić information content (AvgIpc) is 2.63. The predicted molar refractivity (Wildman–Crippen MR) is 75.0 cm³/mol. The van der Waals surface area contributed by atoms with Crippen molar-refractivity contribution in [3.8, 4) is 0 Å². The second kappa shape index (κ2) is 6.88. The first kappa shape index (κ1) is 14.3. The predicted octanol–water partition coefficient (Wildman–Crippen LogP) is 1.86. The molecule has 104 valence electrons. The molecule has 0 aromatic rings. The van der Waals surface area contributed by atoms with E-state index in [9.17, 15) is 0 Å². The van der Waals surface area contributed by atoms with Gasteiger partial charge in [-0.1, -0.05) is 19.8 Å². The number of aliphatic hydroxyl groups excluding tert-OH is 1.